The number of rotatable bonds is 3. The van der Waals surface area contributed by atoms with E-state index in [1.54, 1.807) is 0 Å². The molecule has 84 valence electrons. The minimum atomic E-state index is 0.579. The Bertz CT molecular complexity index is 486. The van der Waals surface area contributed by atoms with Crippen LogP contribution in [-0.4, -0.2) is 9.78 Å². The van der Waals surface area contributed by atoms with Crippen molar-refractivity contribution in [2.45, 2.75) is 26.9 Å². The summed E-state index contributed by atoms with van der Waals surface area (Å²) in [6.45, 7) is 5.67. The van der Waals surface area contributed by atoms with Gasteiger partial charge in [0.15, 0.2) is 0 Å². The van der Waals surface area contributed by atoms with Crippen LogP contribution in [0.4, 0.5) is 0 Å². The van der Waals surface area contributed by atoms with Crippen LogP contribution in [-0.2, 0) is 13.1 Å². The second-order valence-corrected chi connectivity index (χ2v) is 3.94. The van der Waals surface area contributed by atoms with Crippen molar-refractivity contribution in [1.29, 1.82) is 0 Å². The molecule has 0 aliphatic carbocycles. The van der Waals surface area contributed by atoms with Crippen LogP contribution in [0.15, 0.2) is 30.6 Å². The van der Waals surface area contributed by atoms with Crippen molar-refractivity contribution in [2.75, 3.05) is 0 Å². The lowest BCUT2D eigenvalue weighted by Crippen LogP contribution is -1.97. The van der Waals surface area contributed by atoms with E-state index in [9.17, 15) is 0 Å². The first-order chi connectivity index (χ1) is 7.74. The average Bonchev–Trinajstić information content (AvgIpc) is 2.78. The average molecular weight is 215 g/mol. The third kappa shape index (κ3) is 1.99. The predicted molar refractivity (Wildman–Crippen MR) is 66.0 cm³/mol. The molecule has 3 nitrogen and oxygen atoms in total. The molecular weight excluding hydrogens is 198 g/mol. The van der Waals surface area contributed by atoms with Gasteiger partial charge in [-0.1, -0.05) is 12.1 Å². The maximum Gasteiger partial charge on any atom is 0.0568 e. The quantitative estimate of drug-likeness (QED) is 0.854. The number of hydrogen-bond donors (Lipinski definition) is 1. The fraction of sp³-hybridized carbons (Fsp3) is 0.308. The van der Waals surface area contributed by atoms with Gasteiger partial charge in [0.05, 0.1) is 6.20 Å². The minimum absolute atomic E-state index is 0.579. The Kier molecular flexibility index (Phi) is 3.06. The van der Waals surface area contributed by atoms with Crippen molar-refractivity contribution in [1.82, 2.24) is 9.78 Å². The van der Waals surface area contributed by atoms with Crippen molar-refractivity contribution in [3.05, 3.63) is 41.7 Å². The number of nitrogens with two attached hydrogens (primary N) is 1. The monoisotopic (exact) mass is 215 g/mol. The first-order valence-electron chi connectivity index (χ1n) is 5.57. The fourth-order valence-electron chi connectivity index (χ4n) is 1.78. The highest BCUT2D eigenvalue weighted by molar-refractivity contribution is 5.66. The van der Waals surface area contributed by atoms with E-state index in [-0.39, 0.29) is 0 Å². The summed E-state index contributed by atoms with van der Waals surface area (Å²) in [5.74, 6) is 0. The van der Waals surface area contributed by atoms with Crippen LogP contribution in [0.3, 0.4) is 0 Å². The summed E-state index contributed by atoms with van der Waals surface area (Å²) < 4.78 is 1.93. The van der Waals surface area contributed by atoms with Crippen LogP contribution in [0.2, 0.25) is 0 Å². The molecule has 0 bridgehead atoms. The van der Waals surface area contributed by atoms with E-state index in [2.05, 4.69) is 43.3 Å². The van der Waals surface area contributed by atoms with Crippen molar-refractivity contribution in [3.63, 3.8) is 0 Å². The van der Waals surface area contributed by atoms with E-state index < -0.39 is 0 Å². The topological polar surface area (TPSA) is 43.8 Å². The summed E-state index contributed by atoms with van der Waals surface area (Å²) in [6.07, 6.45) is 3.98. The van der Waals surface area contributed by atoms with Crippen molar-refractivity contribution < 1.29 is 0 Å². The smallest absolute Gasteiger partial charge is 0.0568 e. The zero-order valence-electron chi connectivity index (χ0n) is 9.77. The van der Waals surface area contributed by atoms with Gasteiger partial charge in [0, 0.05) is 24.8 Å². The molecule has 0 spiro atoms. The lowest BCUT2D eigenvalue weighted by atomic mass is 10.0. The Balaban J connectivity index is 2.45. The van der Waals surface area contributed by atoms with Gasteiger partial charge in [-0.15, -0.1) is 0 Å². The molecule has 0 aliphatic heterocycles. The SMILES string of the molecule is CCn1cc(-c2cc(CN)ccc2C)cn1. The van der Waals surface area contributed by atoms with Crippen LogP contribution in [0.25, 0.3) is 11.1 Å². The van der Waals surface area contributed by atoms with Crippen LogP contribution < -0.4 is 5.73 Å². The highest BCUT2D eigenvalue weighted by atomic mass is 15.3. The van der Waals surface area contributed by atoms with E-state index in [0.717, 1.165) is 17.7 Å². The molecule has 2 aromatic rings. The molecule has 0 saturated carbocycles. The summed E-state index contributed by atoms with van der Waals surface area (Å²) in [7, 11) is 0. The third-order valence-corrected chi connectivity index (χ3v) is 2.81. The number of benzene rings is 1. The van der Waals surface area contributed by atoms with Gasteiger partial charge < -0.3 is 5.73 Å². The molecule has 0 aliphatic rings. The van der Waals surface area contributed by atoms with E-state index in [1.165, 1.54) is 11.1 Å². The Hall–Kier alpha value is -1.61. The summed E-state index contributed by atoms with van der Waals surface area (Å²) in [6, 6.07) is 6.33. The summed E-state index contributed by atoms with van der Waals surface area (Å²) in [5.41, 5.74) is 10.5. The zero-order valence-corrected chi connectivity index (χ0v) is 9.77. The maximum absolute atomic E-state index is 5.66. The van der Waals surface area contributed by atoms with Crippen molar-refractivity contribution in [3.8, 4) is 11.1 Å². The van der Waals surface area contributed by atoms with Crippen molar-refractivity contribution >= 4 is 0 Å². The fourth-order valence-corrected chi connectivity index (χ4v) is 1.78. The molecule has 0 saturated heterocycles. The second kappa shape index (κ2) is 4.49. The standard InChI is InChI=1S/C13H17N3/c1-3-16-9-12(8-15-16)13-6-11(7-14)5-4-10(13)2/h4-6,8-9H,3,7,14H2,1-2H3. The van der Waals surface area contributed by atoms with E-state index in [1.807, 2.05) is 10.9 Å². The summed E-state index contributed by atoms with van der Waals surface area (Å²) >= 11 is 0. The molecular formula is C13H17N3. The van der Waals surface area contributed by atoms with Crippen LogP contribution in [0.1, 0.15) is 18.1 Å². The summed E-state index contributed by atoms with van der Waals surface area (Å²) in [5, 5.41) is 4.29. The van der Waals surface area contributed by atoms with E-state index >= 15 is 0 Å². The van der Waals surface area contributed by atoms with Gasteiger partial charge in [-0.3, -0.25) is 4.68 Å². The molecule has 0 radical (unpaired) electrons. The number of hydrogen-bond acceptors (Lipinski definition) is 2. The first kappa shape index (κ1) is 10.9. The van der Waals surface area contributed by atoms with E-state index in [0.29, 0.717) is 6.54 Å². The van der Waals surface area contributed by atoms with Crippen LogP contribution >= 0.6 is 0 Å². The molecule has 1 aromatic carbocycles. The highest BCUT2D eigenvalue weighted by Gasteiger charge is 2.05. The minimum Gasteiger partial charge on any atom is -0.326 e. The Morgan fingerprint density at radius 2 is 2.19 bits per heavy atom. The molecule has 1 heterocycles. The molecule has 2 rings (SSSR count). The molecule has 2 N–H and O–H groups in total. The van der Waals surface area contributed by atoms with Crippen LogP contribution in [0, 0.1) is 6.92 Å². The lowest BCUT2D eigenvalue weighted by molar-refractivity contribution is 0.660. The van der Waals surface area contributed by atoms with Gasteiger partial charge in [-0.05, 0) is 36.6 Å². The van der Waals surface area contributed by atoms with Gasteiger partial charge in [-0.2, -0.15) is 5.10 Å². The lowest BCUT2D eigenvalue weighted by Gasteiger charge is -2.05. The van der Waals surface area contributed by atoms with Gasteiger partial charge in [0.25, 0.3) is 0 Å². The molecule has 16 heavy (non-hydrogen) atoms. The second-order valence-electron chi connectivity index (χ2n) is 3.94. The largest absolute Gasteiger partial charge is 0.326 e. The van der Waals surface area contributed by atoms with E-state index in [4.69, 9.17) is 5.73 Å². The number of aromatic nitrogens is 2. The number of aryl methyl sites for hydroxylation is 2. The molecule has 0 atom stereocenters. The summed E-state index contributed by atoms with van der Waals surface area (Å²) in [4.78, 5) is 0. The predicted octanol–water partition coefficient (Wildman–Crippen LogP) is 2.34. The van der Waals surface area contributed by atoms with Crippen LogP contribution in [0.5, 0.6) is 0 Å². The highest BCUT2D eigenvalue weighted by Crippen LogP contribution is 2.24. The Morgan fingerprint density at radius 1 is 1.38 bits per heavy atom. The van der Waals surface area contributed by atoms with Gasteiger partial charge >= 0.3 is 0 Å². The Morgan fingerprint density at radius 3 is 2.81 bits per heavy atom. The molecule has 0 unspecified atom stereocenters. The van der Waals surface area contributed by atoms with Gasteiger partial charge in [0.1, 0.15) is 0 Å². The van der Waals surface area contributed by atoms with Crippen molar-refractivity contribution in [2.24, 2.45) is 5.73 Å². The number of nitrogens with zero attached hydrogens (tertiary/aromatic N) is 2. The normalized spacial score (nSPS) is 10.7. The third-order valence-electron chi connectivity index (χ3n) is 2.81. The molecule has 0 fully saturated rings. The molecule has 3 heteroatoms. The molecule has 1 aromatic heterocycles. The van der Waals surface area contributed by atoms with Gasteiger partial charge in [-0.25, -0.2) is 0 Å². The Labute approximate surface area is 95.9 Å². The first-order valence-corrected chi connectivity index (χ1v) is 5.57. The molecule has 0 amide bonds. The van der Waals surface area contributed by atoms with Gasteiger partial charge in [0.2, 0.25) is 0 Å². The zero-order chi connectivity index (χ0) is 11.5. The maximum atomic E-state index is 5.66.